The van der Waals surface area contributed by atoms with Gasteiger partial charge in [-0.25, -0.2) is 8.42 Å². The van der Waals surface area contributed by atoms with E-state index in [1.807, 2.05) is 35.0 Å². The zero-order chi connectivity index (χ0) is 33.7. The minimum absolute atomic E-state index is 0.0713. The number of carbonyl (C=O) groups is 1. The Morgan fingerprint density at radius 1 is 1.00 bits per heavy atom. The molecule has 0 amide bonds. The lowest BCUT2D eigenvalue weighted by Gasteiger charge is -2.29. The van der Waals surface area contributed by atoms with Crippen LogP contribution in [0.5, 0.6) is 0 Å². The summed E-state index contributed by atoms with van der Waals surface area (Å²) in [7, 11) is -2.09. The lowest BCUT2D eigenvalue weighted by molar-refractivity contribution is 0.0733. The summed E-state index contributed by atoms with van der Waals surface area (Å²) in [5.41, 5.74) is 6.89. The molecule has 2 aliphatic rings. The van der Waals surface area contributed by atoms with Gasteiger partial charge in [-0.3, -0.25) is 9.10 Å². The highest BCUT2D eigenvalue weighted by Crippen LogP contribution is 2.52. The maximum atomic E-state index is 14.2. The number of anilines is 1. The Labute approximate surface area is 280 Å². The van der Waals surface area contributed by atoms with Crippen molar-refractivity contribution in [3.05, 3.63) is 101 Å². The van der Waals surface area contributed by atoms with Crippen LogP contribution in [-0.2, 0) is 34.8 Å². The average molecular weight is 655 g/mol. The van der Waals surface area contributed by atoms with Crippen molar-refractivity contribution in [2.45, 2.75) is 108 Å². The maximum Gasteiger partial charge on any atom is 0.241 e. The highest BCUT2D eigenvalue weighted by molar-refractivity contribution is 7.94. The van der Waals surface area contributed by atoms with Gasteiger partial charge in [0, 0.05) is 37.2 Å². The molecule has 0 spiro atoms. The average Bonchev–Trinajstić information content (AvgIpc) is 3.78. The van der Waals surface area contributed by atoms with Gasteiger partial charge in [0.1, 0.15) is 4.75 Å². The summed E-state index contributed by atoms with van der Waals surface area (Å²) in [6.07, 6.45) is 6.71. The van der Waals surface area contributed by atoms with Gasteiger partial charge in [0.25, 0.3) is 0 Å². The first-order chi connectivity index (χ1) is 22.3. The molecule has 0 bridgehead atoms. The molecule has 2 heterocycles. The topological polar surface area (TPSA) is 79.6 Å². The molecule has 250 valence electrons. The summed E-state index contributed by atoms with van der Waals surface area (Å²) in [4.78, 5) is 14.2. The van der Waals surface area contributed by atoms with Crippen molar-refractivity contribution in [1.82, 2.24) is 4.57 Å². The number of hydrogen-bond donors (Lipinski definition) is 1. The summed E-state index contributed by atoms with van der Waals surface area (Å²) in [5.74, 6) is 0.125. The molecule has 0 saturated heterocycles. The first-order valence-electron chi connectivity index (χ1n) is 17.3. The summed E-state index contributed by atoms with van der Waals surface area (Å²) in [6, 6.07) is 22.7. The summed E-state index contributed by atoms with van der Waals surface area (Å²) < 4.78 is 29.8. The van der Waals surface area contributed by atoms with E-state index < -0.39 is 20.9 Å². The Balaban J connectivity index is 1.29. The molecule has 0 radical (unpaired) electrons. The fourth-order valence-electron chi connectivity index (χ4n) is 7.63. The lowest BCUT2D eigenvalue weighted by atomic mass is 9.82. The van der Waals surface area contributed by atoms with Crippen molar-refractivity contribution in [3.8, 4) is 0 Å². The number of aliphatic hydroxyl groups is 1. The van der Waals surface area contributed by atoms with E-state index >= 15 is 0 Å². The van der Waals surface area contributed by atoms with Gasteiger partial charge in [0.15, 0.2) is 5.78 Å². The Hall–Kier alpha value is -3.42. The third-order valence-electron chi connectivity index (χ3n) is 11.0. The van der Waals surface area contributed by atoms with Crippen LogP contribution in [0.2, 0.25) is 0 Å². The largest absolute Gasteiger partial charge is 0.393 e. The van der Waals surface area contributed by atoms with Crippen LogP contribution >= 0.6 is 0 Å². The number of aryl methyl sites for hydroxylation is 1. The predicted octanol–water partition coefficient (Wildman–Crippen LogP) is 8.19. The van der Waals surface area contributed by atoms with E-state index in [4.69, 9.17) is 0 Å². The Morgan fingerprint density at radius 3 is 2.38 bits per heavy atom. The number of sulfonamides is 1. The minimum Gasteiger partial charge on any atom is -0.393 e. The fraction of sp³-hybridized carbons (Fsp3) is 0.475. The second-order valence-electron chi connectivity index (χ2n) is 15.0. The normalized spacial score (nSPS) is 19.0. The van der Waals surface area contributed by atoms with Crippen LogP contribution < -0.4 is 4.31 Å². The van der Waals surface area contributed by atoms with Crippen molar-refractivity contribution in [2.24, 2.45) is 5.92 Å². The van der Waals surface area contributed by atoms with Gasteiger partial charge >= 0.3 is 0 Å². The third kappa shape index (κ3) is 6.29. The molecule has 3 aromatic carbocycles. The fourth-order valence-corrected chi connectivity index (χ4v) is 9.07. The molecule has 2 atom stereocenters. The Morgan fingerprint density at radius 2 is 1.72 bits per heavy atom. The van der Waals surface area contributed by atoms with Gasteiger partial charge in [0.2, 0.25) is 10.0 Å². The second-order valence-corrected chi connectivity index (χ2v) is 17.6. The van der Waals surface area contributed by atoms with Crippen molar-refractivity contribution in [3.63, 3.8) is 0 Å². The third-order valence-corrected chi connectivity index (χ3v) is 13.4. The molecule has 1 saturated carbocycles. The molecule has 7 heteroatoms. The van der Waals surface area contributed by atoms with E-state index in [2.05, 4.69) is 57.2 Å². The number of nitrogens with zero attached hydrogens (tertiary/aromatic N) is 2. The van der Waals surface area contributed by atoms with Crippen molar-refractivity contribution in [2.75, 3.05) is 11.4 Å². The first-order valence-corrected chi connectivity index (χ1v) is 18.7. The van der Waals surface area contributed by atoms with Crippen LogP contribution in [0, 0.1) is 5.92 Å². The van der Waals surface area contributed by atoms with Crippen molar-refractivity contribution >= 4 is 32.4 Å². The number of carbonyl (C=O) groups excluding carboxylic acids is 1. The van der Waals surface area contributed by atoms with E-state index in [9.17, 15) is 18.3 Å². The van der Waals surface area contributed by atoms with Crippen molar-refractivity contribution < 1.29 is 18.3 Å². The van der Waals surface area contributed by atoms with E-state index in [1.54, 1.807) is 27.0 Å². The summed E-state index contributed by atoms with van der Waals surface area (Å²) in [6.45, 7) is 10.4. The van der Waals surface area contributed by atoms with Crippen LogP contribution in [0.4, 0.5) is 5.69 Å². The number of hydrogen-bond acceptors (Lipinski definition) is 4. The molecule has 0 unspecified atom stereocenters. The molecule has 6 rings (SSSR count). The standard InChI is InChI=1S/C40H50N2O4S/c1-7-29-25-42-26-39(4,5)47(45,46)41(6)35-23-32(22-34(29)38(35)42)37(44)24-31(20-28-12-9-8-10-13-28)36(43)16-17-40(18-19-40)33-15-11-14-30(21-33)27(2)3/h8-15,21-23,25,27,31,36,43H,7,16-20,24,26H2,1-6H3/t31-,36-/m1/s1. The highest BCUT2D eigenvalue weighted by Gasteiger charge is 2.45. The number of ketones is 1. The van der Waals surface area contributed by atoms with Gasteiger partial charge < -0.3 is 9.67 Å². The number of aliphatic hydroxyl groups excluding tert-OH is 1. The number of rotatable bonds is 12. The second kappa shape index (κ2) is 12.6. The van der Waals surface area contributed by atoms with Gasteiger partial charge in [-0.15, -0.1) is 0 Å². The zero-order valence-electron chi connectivity index (χ0n) is 28.8. The molecule has 47 heavy (non-hydrogen) atoms. The Bertz CT molecular complexity index is 1890. The van der Waals surface area contributed by atoms with Gasteiger partial charge in [-0.1, -0.05) is 75.4 Å². The highest BCUT2D eigenvalue weighted by atomic mass is 32.2. The summed E-state index contributed by atoms with van der Waals surface area (Å²) in [5, 5.41) is 12.7. The monoisotopic (exact) mass is 654 g/mol. The van der Waals surface area contributed by atoms with Crippen LogP contribution in [0.1, 0.15) is 105 Å². The van der Waals surface area contributed by atoms with E-state index in [1.165, 1.54) is 15.4 Å². The molecule has 1 aliphatic carbocycles. The molecule has 4 aromatic rings. The number of Topliss-reactive ketones (excluding diaryl/α,β-unsaturated/α-hetero) is 1. The molecule has 1 aliphatic heterocycles. The zero-order valence-corrected chi connectivity index (χ0v) is 29.6. The van der Waals surface area contributed by atoms with Crippen LogP contribution in [0.3, 0.4) is 0 Å². The van der Waals surface area contributed by atoms with E-state index in [-0.39, 0.29) is 23.5 Å². The van der Waals surface area contributed by atoms with Crippen LogP contribution in [-0.4, -0.2) is 41.8 Å². The van der Waals surface area contributed by atoms with Crippen LogP contribution in [0.15, 0.2) is 72.9 Å². The predicted molar refractivity (Wildman–Crippen MR) is 192 cm³/mol. The van der Waals surface area contributed by atoms with Crippen LogP contribution in [0.25, 0.3) is 10.9 Å². The number of benzene rings is 3. The smallest absolute Gasteiger partial charge is 0.241 e. The first kappa shape index (κ1) is 33.5. The minimum atomic E-state index is -3.68. The van der Waals surface area contributed by atoms with Crippen molar-refractivity contribution in [1.29, 1.82) is 0 Å². The molecule has 1 aromatic heterocycles. The van der Waals surface area contributed by atoms with Gasteiger partial charge in [0.05, 0.1) is 17.3 Å². The molecule has 1 fully saturated rings. The molecule has 1 N–H and O–H groups in total. The van der Waals surface area contributed by atoms with Gasteiger partial charge in [-0.05, 0) is 104 Å². The molecular formula is C40H50N2O4S. The lowest BCUT2D eigenvalue weighted by Crippen LogP contribution is -2.44. The Kier molecular flexibility index (Phi) is 8.94. The molecular weight excluding hydrogens is 605 g/mol. The van der Waals surface area contributed by atoms with E-state index in [0.717, 1.165) is 47.7 Å². The van der Waals surface area contributed by atoms with Gasteiger partial charge in [-0.2, -0.15) is 0 Å². The maximum absolute atomic E-state index is 14.2. The quantitative estimate of drug-likeness (QED) is 0.156. The molecule has 6 nitrogen and oxygen atoms in total. The van der Waals surface area contributed by atoms with E-state index in [0.29, 0.717) is 36.6 Å². The SMILES string of the molecule is CCc1cn2c3c(cc(C(=O)C[C@@H](Cc4ccccc4)[C@H](O)CCC4(c5cccc(C(C)C)c5)CC4)cc13)N(C)S(=O)(=O)C(C)(C)C2. The number of aromatic nitrogens is 1. The summed E-state index contributed by atoms with van der Waals surface area (Å²) >= 11 is 0.